The first-order chi connectivity index (χ1) is 7.11. The number of rotatable bonds is 1. The van der Waals surface area contributed by atoms with Gasteiger partial charge in [0.25, 0.3) is 0 Å². The van der Waals surface area contributed by atoms with Crippen molar-refractivity contribution in [1.29, 1.82) is 0 Å². The fourth-order valence-electron chi connectivity index (χ4n) is 1.38. The topological polar surface area (TPSA) is 43.6 Å². The Bertz CT molecular complexity index is 504. The van der Waals surface area contributed by atoms with Crippen molar-refractivity contribution in [2.45, 2.75) is 20.8 Å². The summed E-state index contributed by atoms with van der Waals surface area (Å²) in [4.78, 5) is 8.15. The quantitative estimate of drug-likeness (QED) is 0.743. The van der Waals surface area contributed by atoms with E-state index in [9.17, 15) is 0 Å². The zero-order valence-electron chi connectivity index (χ0n) is 8.82. The average Bonchev–Trinajstić information content (AvgIpc) is 2.47. The molecule has 2 heterocycles. The van der Waals surface area contributed by atoms with E-state index in [1.807, 2.05) is 20.8 Å². The van der Waals surface area contributed by atoms with Crippen LogP contribution < -0.4 is 0 Å². The Morgan fingerprint density at radius 1 is 1.13 bits per heavy atom. The first-order valence-corrected chi connectivity index (χ1v) is 4.98. The largest absolute Gasteiger partial charge is 0.239 e. The van der Waals surface area contributed by atoms with Gasteiger partial charge in [0.2, 0.25) is 0 Å². The van der Waals surface area contributed by atoms with E-state index in [1.165, 1.54) is 0 Å². The number of nitrogens with zero attached hydrogens (tertiary/aromatic N) is 4. The second-order valence-corrected chi connectivity index (χ2v) is 3.74. The predicted molar refractivity (Wildman–Crippen MR) is 58.4 cm³/mol. The van der Waals surface area contributed by atoms with Crippen molar-refractivity contribution in [3.05, 3.63) is 34.5 Å². The molecule has 0 radical (unpaired) electrons. The van der Waals surface area contributed by atoms with Crippen molar-refractivity contribution in [1.82, 2.24) is 19.7 Å². The lowest BCUT2D eigenvalue weighted by Gasteiger charge is -2.03. The summed E-state index contributed by atoms with van der Waals surface area (Å²) in [6, 6.07) is 0. The molecule has 0 saturated heterocycles. The molecule has 5 heteroatoms. The van der Waals surface area contributed by atoms with Gasteiger partial charge in [0, 0.05) is 18.1 Å². The molecule has 0 unspecified atom stereocenters. The zero-order valence-corrected chi connectivity index (χ0v) is 9.58. The van der Waals surface area contributed by atoms with Gasteiger partial charge in [-0.05, 0) is 26.3 Å². The maximum atomic E-state index is 5.96. The lowest BCUT2D eigenvalue weighted by atomic mass is 10.2. The minimum Gasteiger partial charge on any atom is -0.239 e. The molecule has 2 aromatic rings. The van der Waals surface area contributed by atoms with Crippen LogP contribution in [0.2, 0.25) is 5.15 Å². The molecule has 2 rings (SSSR count). The number of hydrogen-bond donors (Lipinski definition) is 0. The average molecular weight is 223 g/mol. The number of aromatic nitrogens is 4. The molecule has 0 bridgehead atoms. The Kier molecular flexibility index (Phi) is 2.44. The van der Waals surface area contributed by atoms with Crippen molar-refractivity contribution in [2.24, 2.45) is 0 Å². The van der Waals surface area contributed by atoms with Crippen LogP contribution in [0.3, 0.4) is 0 Å². The SMILES string of the molecule is Cc1nn(-c2nccnc2Cl)c(C)c1C. The van der Waals surface area contributed by atoms with Crippen molar-refractivity contribution >= 4 is 11.6 Å². The van der Waals surface area contributed by atoms with E-state index in [-0.39, 0.29) is 0 Å². The summed E-state index contributed by atoms with van der Waals surface area (Å²) < 4.78 is 1.72. The van der Waals surface area contributed by atoms with Gasteiger partial charge >= 0.3 is 0 Å². The first kappa shape index (κ1) is 10.1. The fraction of sp³-hybridized carbons (Fsp3) is 0.300. The van der Waals surface area contributed by atoms with Gasteiger partial charge in [-0.1, -0.05) is 11.6 Å². The molecule has 0 fully saturated rings. The van der Waals surface area contributed by atoms with E-state index in [1.54, 1.807) is 17.1 Å². The van der Waals surface area contributed by atoms with Gasteiger partial charge in [-0.3, -0.25) is 0 Å². The van der Waals surface area contributed by atoms with Crippen molar-refractivity contribution in [3.8, 4) is 5.82 Å². The van der Waals surface area contributed by atoms with Crippen molar-refractivity contribution < 1.29 is 0 Å². The second kappa shape index (κ2) is 3.62. The molecular formula is C10H11ClN4. The van der Waals surface area contributed by atoms with Gasteiger partial charge in [-0.25, -0.2) is 14.6 Å². The third-order valence-electron chi connectivity index (χ3n) is 2.49. The molecule has 0 aliphatic rings. The molecule has 0 amide bonds. The van der Waals surface area contributed by atoms with Gasteiger partial charge in [-0.15, -0.1) is 0 Å². The Morgan fingerprint density at radius 3 is 2.33 bits per heavy atom. The zero-order chi connectivity index (χ0) is 11.0. The Balaban J connectivity index is 2.65. The van der Waals surface area contributed by atoms with Crippen LogP contribution >= 0.6 is 11.6 Å². The van der Waals surface area contributed by atoms with E-state index < -0.39 is 0 Å². The summed E-state index contributed by atoms with van der Waals surface area (Å²) in [5.74, 6) is 0.577. The Hall–Kier alpha value is -1.42. The van der Waals surface area contributed by atoms with Crippen molar-refractivity contribution in [3.63, 3.8) is 0 Å². The standard InChI is InChI=1S/C10H11ClN4/c1-6-7(2)14-15(8(6)3)10-9(11)12-4-5-13-10/h4-5H,1-3H3. The number of hydrogen-bond acceptors (Lipinski definition) is 3. The normalized spacial score (nSPS) is 10.7. The Labute approximate surface area is 92.9 Å². The van der Waals surface area contributed by atoms with E-state index >= 15 is 0 Å². The highest BCUT2D eigenvalue weighted by molar-refractivity contribution is 6.30. The van der Waals surface area contributed by atoms with E-state index in [2.05, 4.69) is 15.1 Å². The van der Waals surface area contributed by atoms with Crippen LogP contribution in [0.4, 0.5) is 0 Å². The minimum atomic E-state index is 0.364. The lowest BCUT2D eigenvalue weighted by Crippen LogP contribution is -2.03. The molecule has 0 aromatic carbocycles. The van der Waals surface area contributed by atoms with E-state index in [0.29, 0.717) is 11.0 Å². The van der Waals surface area contributed by atoms with Gasteiger partial charge in [0.05, 0.1) is 5.69 Å². The van der Waals surface area contributed by atoms with Crippen LogP contribution in [0, 0.1) is 20.8 Å². The predicted octanol–water partition coefficient (Wildman–Crippen LogP) is 2.24. The fourth-order valence-corrected chi connectivity index (χ4v) is 1.57. The summed E-state index contributed by atoms with van der Waals surface area (Å²) in [5.41, 5.74) is 3.17. The molecule has 4 nitrogen and oxygen atoms in total. The van der Waals surface area contributed by atoms with E-state index in [0.717, 1.165) is 17.0 Å². The molecule has 15 heavy (non-hydrogen) atoms. The van der Waals surface area contributed by atoms with Crippen LogP contribution in [-0.4, -0.2) is 19.7 Å². The minimum absolute atomic E-state index is 0.364. The smallest absolute Gasteiger partial charge is 0.191 e. The highest BCUT2D eigenvalue weighted by Crippen LogP contribution is 2.19. The summed E-state index contributed by atoms with van der Waals surface area (Å²) in [6.45, 7) is 5.97. The van der Waals surface area contributed by atoms with Crippen LogP contribution in [0.1, 0.15) is 17.0 Å². The number of halogens is 1. The van der Waals surface area contributed by atoms with Gasteiger partial charge in [-0.2, -0.15) is 5.10 Å². The van der Waals surface area contributed by atoms with Crippen molar-refractivity contribution in [2.75, 3.05) is 0 Å². The summed E-state index contributed by atoms with van der Waals surface area (Å²) in [6.07, 6.45) is 3.16. The highest BCUT2D eigenvalue weighted by atomic mass is 35.5. The van der Waals surface area contributed by atoms with Crippen LogP contribution in [-0.2, 0) is 0 Å². The number of aryl methyl sites for hydroxylation is 1. The second-order valence-electron chi connectivity index (χ2n) is 3.38. The third-order valence-corrected chi connectivity index (χ3v) is 2.76. The summed E-state index contributed by atoms with van der Waals surface area (Å²) >= 11 is 5.96. The van der Waals surface area contributed by atoms with Gasteiger partial charge in [0.15, 0.2) is 11.0 Å². The van der Waals surface area contributed by atoms with Gasteiger partial charge in [0.1, 0.15) is 0 Å². The lowest BCUT2D eigenvalue weighted by molar-refractivity contribution is 0.799. The molecule has 0 aliphatic heterocycles. The molecule has 0 N–H and O–H groups in total. The molecule has 2 aromatic heterocycles. The Morgan fingerprint density at radius 2 is 1.80 bits per heavy atom. The molecule has 78 valence electrons. The molecule has 0 aliphatic carbocycles. The maximum absolute atomic E-state index is 5.96. The molecule has 0 saturated carbocycles. The molecular weight excluding hydrogens is 212 g/mol. The summed E-state index contributed by atoms with van der Waals surface area (Å²) in [5, 5.41) is 4.73. The molecule has 0 atom stereocenters. The first-order valence-electron chi connectivity index (χ1n) is 4.61. The molecule has 0 spiro atoms. The summed E-state index contributed by atoms with van der Waals surface area (Å²) in [7, 11) is 0. The maximum Gasteiger partial charge on any atom is 0.191 e. The monoisotopic (exact) mass is 222 g/mol. The van der Waals surface area contributed by atoms with Gasteiger partial charge < -0.3 is 0 Å². The van der Waals surface area contributed by atoms with Crippen LogP contribution in [0.25, 0.3) is 5.82 Å². The third kappa shape index (κ3) is 1.61. The van der Waals surface area contributed by atoms with Crippen LogP contribution in [0.5, 0.6) is 0 Å². The van der Waals surface area contributed by atoms with E-state index in [4.69, 9.17) is 11.6 Å². The highest BCUT2D eigenvalue weighted by Gasteiger charge is 2.12. The van der Waals surface area contributed by atoms with Crippen LogP contribution in [0.15, 0.2) is 12.4 Å².